The van der Waals surface area contributed by atoms with E-state index >= 15 is 0 Å². The Morgan fingerprint density at radius 1 is 1.44 bits per heavy atom. The molecular formula is C13H20F3NO. The van der Waals surface area contributed by atoms with Crippen molar-refractivity contribution in [3.05, 3.63) is 12.2 Å². The molecule has 1 amide bonds. The minimum atomic E-state index is -4.17. The summed E-state index contributed by atoms with van der Waals surface area (Å²) in [7, 11) is 0. The van der Waals surface area contributed by atoms with E-state index in [0.29, 0.717) is 12.0 Å². The number of hydrogen-bond acceptors (Lipinski definition) is 1. The Labute approximate surface area is 106 Å². The summed E-state index contributed by atoms with van der Waals surface area (Å²) >= 11 is 0. The summed E-state index contributed by atoms with van der Waals surface area (Å²) in [5.41, 5.74) is 0.475. The summed E-state index contributed by atoms with van der Waals surface area (Å²) in [6.07, 6.45) is -1.92. The molecule has 2 nitrogen and oxygen atoms in total. The molecule has 0 spiro atoms. The van der Waals surface area contributed by atoms with Gasteiger partial charge in [0, 0.05) is 18.4 Å². The molecule has 0 aromatic heterocycles. The first-order chi connectivity index (χ1) is 8.33. The summed E-state index contributed by atoms with van der Waals surface area (Å²) in [6.45, 7) is 5.63. The Bertz CT molecular complexity index is 308. The van der Waals surface area contributed by atoms with E-state index in [1.54, 1.807) is 0 Å². The van der Waals surface area contributed by atoms with Gasteiger partial charge in [0.15, 0.2) is 0 Å². The van der Waals surface area contributed by atoms with E-state index in [9.17, 15) is 18.0 Å². The van der Waals surface area contributed by atoms with Crippen LogP contribution < -0.4 is 5.32 Å². The predicted molar refractivity (Wildman–Crippen MR) is 64.0 cm³/mol. The standard InChI is InChI=1S/C13H20F3NO/c1-3-4-11(17-12(18)10-5-6-10)9(2)7-8-13(14,15)16/h10-11H,2-8H2,1H3,(H,17,18). The molecule has 1 fully saturated rings. The molecule has 0 aromatic rings. The highest BCUT2D eigenvalue weighted by Crippen LogP contribution is 2.30. The molecule has 1 unspecified atom stereocenters. The SMILES string of the molecule is C=C(CCC(F)(F)F)C(CCC)NC(=O)C1CC1. The van der Waals surface area contributed by atoms with Crippen LogP contribution in [-0.4, -0.2) is 18.1 Å². The Morgan fingerprint density at radius 2 is 2.06 bits per heavy atom. The molecule has 0 radical (unpaired) electrons. The molecule has 1 N–H and O–H groups in total. The van der Waals surface area contributed by atoms with Crippen molar-refractivity contribution >= 4 is 5.91 Å². The molecule has 1 rings (SSSR count). The first-order valence-electron chi connectivity index (χ1n) is 6.38. The van der Waals surface area contributed by atoms with Crippen LogP contribution >= 0.6 is 0 Å². The third-order valence-electron chi connectivity index (χ3n) is 3.06. The van der Waals surface area contributed by atoms with Crippen LogP contribution in [0.5, 0.6) is 0 Å². The van der Waals surface area contributed by atoms with Crippen LogP contribution in [0, 0.1) is 5.92 Å². The minimum Gasteiger partial charge on any atom is -0.349 e. The average Bonchev–Trinajstić information content (AvgIpc) is 3.07. The fourth-order valence-electron chi connectivity index (χ4n) is 1.78. The average molecular weight is 263 g/mol. The highest BCUT2D eigenvalue weighted by molar-refractivity contribution is 5.81. The minimum absolute atomic E-state index is 0.0402. The van der Waals surface area contributed by atoms with E-state index in [0.717, 1.165) is 19.3 Å². The third kappa shape index (κ3) is 5.56. The zero-order valence-electron chi connectivity index (χ0n) is 10.6. The maximum Gasteiger partial charge on any atom is 0.389 e. The number of rotatable bonds is 7. The van der Waals surface area contributed by atoms with E-state index < -0.39 is 12.6 Å². The second-order valence-electron chi connectivity index (χ2n) is 4.90. The Kier molecular flexibility index (Phi) is 5.23. The molecule has 0 aromatic carbocycles. The molecule has 0 heterocycles. The van der Waals surface area contributed by atoms with Gasteiger partial charge in [-0.15, -0.1) is 0 Å². The van der Waals surface area contributed by atoms with Crippen molar-refractivity contribution in [1.29, 1.82) is 0 Å². The summed E-state index contributed by atoms with van der Waals surface area (Å²) in [5.74, 6) is 0.0291. The number of nitrogens with one attached hydrogen (secondary N) is 1. The maximum absolute atomic E-state index is 12.1. The van der Waals surface area contributed by atoms with Crippen LogP contribution in [0.25, 0.3) is 0 Å². The Balaban J connectivity index is 2.43. The van der Waals surface area contributed by atoms with Gasteiger partial charge in [0.1, 0.15) is 0 Å². The number of hydrogen-bond donors (Lipinski definition) is 1. The van der Waals surface area contributed by atoms with Crippen LogP contribution in [0.1, 0.15) is 45.4 Å². The van der Waals surface area contributed by atoms with Gasteiger partial charge < -0.3 is 5.32 Å². The highest BCUT2D eigenvalue weighted by atomic mass is 19.4. The third-order valence-corrected chi connectivity index (χ3v) is 3.06. The van der Waals surface area contributed by atoms with Crippen LogP contribution in [0.2, 0.25) is 0 Å². The van der Waals surface area contributed by atoms with Gasteiger partial charge in [-0.3, -0.25) is 4.79 Å². The van der Waals surface area contributed by atoms with E-state index in [-0.39, 0.29) is 24.3 Å². The summed E-state index contributed by atoms with van der Waals surface area (Å²) < 4.78 is 36.4. The lowest BCUT2D eigenvalue weighted by Gasteiger charge is -2.21. The smallest absolute Gasteiger partial charge is 0.349 e. The number of carbonyl (C=O) groups excluding carboxylic acids is 1. The van der Waals surface area contributed by atoms with Crippen LogP contribution in [0.4, 0.5) is 13.2 Å². The molecule has 5 heteroatoms. The molecule has 1 aliphatic rings. The topological polar surface area (TPSA) is 29.1 Å². The van der Waals surface area contributed by atoms with Gasteiger partial charge in [0.05, 0.1) is 0 Å². The van der Waals surface area contributed by atoms with Gasteiger partial charge in [0.25, 0.3) is 0 Å². The van der Waals surface area contributed by atoms with E-state index in [1.165, 1.54) is 0 Å². The summed E-state index contributed by atoms with van der Waals surface area (Å²) in [6, 6.07) is -0.314. The molecule has 18 heavy (non-hydrogen) atoms. The van der Waals surface area contributed by atoms with Gasteiger partial charge in [-0.1, -0.05) is 25.5 Å². The van der Waals surface area contributed by atoms with Crippen molar-refractivity contribution in [2.75, 3.05) is 0 Å². The molecular weight excluding hydrogens is 243 g/mol. The van der Waals surface area contributed by atoms with Crippen molar-refractivity contribution in [3.8, 4) is 0 Å². The van der Waals surface area contributed by atoms with Gasteiger partial charge in [-0.2, -0.15) is 13.2 Å². The monoisotopic (exact) mass is 263 g/mol. The van der Waals surface area contributed by atoms with E-state index in [2.05, 4.69) is 11.9 Å². The fourth-order valence-corrected chi connectivity index (χ4v) is 1.78. The first-order valence-corrected chi connectivity index (χ1v) is 6.38. The molecule has 0 aliphatic heterocycles. The van der Waals surface area contributed by atoms with Crippen molar-refractivity contribution in [2.24, 2.45) is 5.92 Å². The van der Waals surface area contributed by atoms with Gasteiger partial charge in [-0.25, -0.2) is 0 Å². The highest BCUT2D eigenvalue weighted by Gasteiger charge is 2.32. The number of amides is 1. The maximum atomic E-state index is 12.1. The Morgan fingerprint density at radius 3 is 2.50 bits per heavy atom. The normalized spacial score (nSPS) is 17.3. The first kappa shape index (κ1) is 15.1. The second kappa shape index (κ2) is 6.25. The van der Waals surface area contributed by atoms with Crippen molar-refractivity contribution in [2.45, 2.75) is 57.7 Å². The molecule has 1 atom stereocenters. The number of alkyl halides is 3. The zero-order chi connectivity index (χ0) is 13.8. The van der Waals surface area contributed by atoms with Crippen molar-refractivity contribution in [3.63, 3.8) is 0 Å². The van der Waals surface area contributed by atoms with E-state index in [4.69, 9.17) is 0 Å². The van der Waals surface area contributed by atoms with Crippen molar-refractivity contribution in [1.82, 2.24) is 5.32 Å². The second-order valence-corrected chi connectivity index (χ2v) is 4.90. The van der Waals surface area contributed by atoms with Crippen LogP contribution in [0.3, 0.4) is 0 Å². The fraction of sp³-hybridized carbons (Fsp3) is 0.769. The molecule has 104 valence electrons. The molecule has 0 bridgehead atoms. The van der Waals surface area contributed by atoms with Gasteiger partial charge in [0.2, 0.25) is 5.91 Å². The Hall–Kier alpha value is -1.00. The lowest BCUT2D eigenvalue weighted by atomic mass is 9.99. The molecule has 1 saturated carbocycles. The predicted octanol–water partition coefficient (Wildman–Crippen LogP) is 3.58. The largest absolute Gasteiger partial charge is 0.389 e. The van der Waals surface area contributed by atoms with Crippen molar-refractivity contribution < 1.29 is 18.0 Å². The van der Waals surface area contributed by atoms with E-state index in [1.807, 2.05) is 6.92 Å². The number of halogens is 3. The van der Waals surface area contributed by atoms with Gasteiger partial charge >= 0.3 is 6.18 Å². The van der Waals surface area contributed by atoms with Crippen LogP contribution in [-0.2, 0) is 4.79 Å². The quantitative estimate of drug-likeness (QED) is 0.699. The molecule has 1 aliphatic carbocycles. The van der Waals surface area contributed by atoms with Crippen LogP contribution in [0.15, 0.2) is 12.2 Å². The summed E-state index contributed by atoms with van der Waals surface area (Å²) in [5, 5.41) is 2.81. The number of carbonyl (C=O) groups is 1. The lowest BCUT2D eigenvalue weighted by molar-refractivity contribution is -0.134. The lowest BCUT2D eigenvalue weighted by Crippen LogP contribution is -2.37. The zero-order valence-corrected chi connectivity index (χ0v) is 10.6. The van der Waals surface area contributed by atoms with Gasteiger partial charge in [-0.05, 0) is 25.7 Å². The molecule has 0 saturated heterocycles. The summed E-state index contributed by atoms with van der Waals surface area (Å²) in [4.78, 5) is 11.6.